The number of hydrogen-bond acceptors (Lipinski definition) is 15. The number of esters is 3. The summed E-state index contributed by atoms with van der Waals surface area (Å²) in [5, 5.41) is 15.5. The number of ketones is 3. The molecule has 0 aliphatic rings. The lowest BCUT2D eigenvalue weighted by molar-refractivity contribution is -0.275. The summed E-state index contributed by atoms with van der Waals surface area (Å²) >= 11 is 6.58. The summed E-state index contributed by atoms with van der Waals surface area (Å²) in [6.07, 6.45) is -8.22. The maximum absolute atomic E-state index is 14.0. The van der Waals surface area contributed by atoms with Crippen molar-refractivity contribution in [3.05, 3.63) is 117 Å². The van der Waals surface area contributed by atoms with Crippen LogP contribution in [0.3, 0.4) is 0 Å². The van der Waals surface area contributed by atoms with Crippen molar-refractivity contribution < 1.29 is 96.4 Å². The van der Waals surface area contributed by atoms with E-state index in [1.165, 1.54) is 99.4 Å². The summed E-state index contributed by atoms with van der Waals surface area (Å²) < 4.78 is 151. The van der Waals surface area contributed by atoms with E-state index in [1.54, 1.807) is 18.2 Å². The molecule has 0 radical (unpaired) electrons. The van der Waals surface area contributed by atoms with E-state index < -0.39 is 66.2 Å². The Labute approximate surface area is 433 Å². The van der Waals surface area contributed by atoms with E-state index in [2.05, 4.69) is 76.2 Å². The molecule has 0 N–H and O–H groups in total. The molecule has 0 bridgehead atoms. The summed E-state index contributed by atoms with van der Waals surface area (Å²) in [5.74, 6) is -18.5. The van der Waals surface area contributed by atoms with Gasteiger partial charge in [-0.05, 0) is 113 Å². The van der Waals surface area contributed by atoms with Gasteiger partial charge in [0.1, 0.15) is 11.5 Å². The first-order valence-electron chi connectivity index (χ1n) is 21.0. The summed E-state index contributed by atoms with van der Waals surface area (Å²) in [7, 11) is 0. The van der Waals surface area contributed by atoms with Crippen LogP contribution in [0.2, 0.25) is 0 Å². The van der Waals surface area contributed by atoms with Crippen LogP contribution in [-0.2, 0) is 33.4 Å². The van der Waals surface area contributed by atoms with Crippen molar-refractivity contribution in [2.24, 2.45) is 0 Å². The molecule has 0 aliphatic heterocycles. The van der Waals surface area contributed by atoms with Gasteiger partial charge in [0.05, 0.1) is 61.4 Å². The quantitative estimate of drug-likeness (QED) is 0.0273. The number of benzene rings is 4. The number of ether oxygens (including phenoxy) is 5. The topological polar surface area (TPSA) is 210 Å². The molecule has 0 atom stereocenters. The largest absolute Gasteiger partial charge is 0.573 e. The van der Waals surface area contributed by atoms with Crippen molar-refractivity contribution in [3.8, 4) is 45.4 Å². The summed E-state index contributed by atoms with van der Waals surface area (Å²) in [6, 6.07) is 19.2. The standard InChI is InChI=1S/C22H15BrF5N3O5.C17H11BrF3N3O2.C7H10F2O4/c1-2-35-20(34)21(24,25)19(33)10-18(32)15-8-5-13(23)9-16(15)31-17(11-29-30-31)12-3-6-14(7-4-12)36-22(26,27)28;1-10(25)14-7-4-12(18)8-15(14)24-16(9-22-23-24)11-2-5-13(6-3-11)26-17(19,20)21;1-3-12-5(10)7(8,9)6(11)13-4-2/h3-9,11H,2,10H2,1H3;2-9H,1H3;3-4H2,1-2H3. The SMILES string of the molecule is CC(=O)c1ccc(Br)cc1-n1nncc1-c1ccc(OC(F)(F)F)cc1.CCOC(=O)C(F)(F)C(=O)CC(=O)c1ccc(Br)cc1-n1nncc1-c1ccc(OC(F)(F)F)cc1.CCOC(=O)C(F)(F)C(=O)OCC. The average molecular weight is 1200 g/mol. The number of nitrogens with zero attached hydrogens (tertiary/aromatic N) is 6. The second-order valence-electron chi connectivity index (χ2n) is 14.4. The highest BCUT2D eigenvalue weighted by Gasteiger charge is 2.51. The van der Waals surface area contributed by atoms with Crippen LogP contribution in [0.25, 0.3) is 33.9 Å². The molecule has 29 heteroatoms. The molecule has 2 heterocycles. The second kappa shape index (κ2) is 25.6. The lowest BCUT2D eigenvalue weighted by Gasteiger charge is -2.15. The summed E-state index contributed by atoms with van der Waals surface area (Å²) in [6.45, 7) is 4.63. The Morgan fingerprint density at radius 3 is 1.24 bits per heavy atom. The minimum absolute atomic E-state index is 0.0322. The van der Waals surface area contributed by atoms with Gasteiger partial charge >= 0.3 is 42.5 Å². The minimum Gasteiger partial charge on any atom is -0.461 e. The Bertz CT molecular complexity index is 2980. The minimum atomic E-state index is -4.88. The van der Waals surface area contributed by atoms with Crippen LogP contribution in [0.4, 0.5) is 43.9 Å². The molecule has 17 nitrogen and oxygen atoms in total. The molecule has 4 aromatic carbocycles. The van der Waals surface area contributed by atoms with Gasteiger partial charge in [-0.3, -0.25) is 14.4 Å². The maximum atomic E-state index is 14.0. The molecule has 0 spiro atoms. The number of aromatic nitrogens is 6. The molecule has 0 unspecified atom stereocenters. The van der Waals surface area contributed by atoms with Crippen molar-refractivity contribution in [1.29, 1.82) is 0 Å². The molecule has 400 valence electrons. The molecule has 0 fully saturated rings. The van der Waals surface area contributed by atoms with Crippen molar-refractivity contribution in [2.45, 2.75) is 58.7 Å². The Kier molecular flexibility index (Phi) is 20.5. The van der Waals surface area contributed by atoms with Crippen LogP contribution in [0.15, 0.2) is 106 Å². The highest BCUT2D eigenvalue weighted by atomic mass is 79.9. The van der Waals surface area contributed by atoms with E-state index >= 15 is 0 Å². The fourth-order valence-corrected chi connectivity index (χ4v) is 6.68. The normalized spacial score (nSPS) is 11.5. The third kappa shape index (κ3) is 16.5. The first-order valence-corrected chi connectivity index (χ1v) is 22.6. The van der Waals surface area contributed by atoms with Gasteiger partial charge in [-0.25, -0.2) is 23.7 Å². The summed E-state index contributed by atoms with van der Waals surface area (Å²) in [5.41, 5.74) is 2.43. The smallest absolute Gasteiger partial charge is 0.461 e. The third-order valence-electron chi connectivity index (χ3n) is 9.19. The maximum Gasteiger partial charge on any atom is 0.573 e. The Balaban J connectivity index is 0.000000271. The molecule has 6 aromatic rings. The van der Waals surface area contributed by atoms with Gasteiger partial charge in [0.2, 0.25) is 5.78 Å². The molecule has 2 aromatic heterocycles. The fraction of sp³-hybridized carbons (Fsp3) is 0.261. The van der Waals surface area contributed by atoms with Crippen molar-refractivity contribution in [2.75, 3.05) is 19.8 Å². The van der Waals surface area contributed by atoms with Gasteiger partial charge in [-0.1, -0.05) is 42.3 Å². The van der Waals surface area contributed by atoms with E-state index in [0.717, 1.165) is 21.3 Å². The zero-order chi connectivity index (χ0) is 56.1. The molecule has 0 aliphatic carbocycles. The highest BCUT2D eigenvalue weighted by molar-refractivity contribution is 9.10. The fourth-order valence-electron chi connectivity index (χ4n) is 5.98. The van der Waals surface area contributed by atoms with E-state index in [1.807, 2.05) is 0 Å². The Morgan fingerprint density at radius 1 is 0.520 bits per heavy atom. The first-order chi connectivity index (χ1) is 35.0. The van der Waals surface area contributed by atoms with Crippen LogP contribution in [0, 0.1) is 0 Å². The van der Waals surface area contributed by atoms with Gasteiger partial charge in [-0.15, -0.1) is 36.5 Å². The molecule has 0 amide bonds. The Morgan fingerprint density at radius 2 is 0.880 bits per heavy atom. The summed E-state index contributed by atoms with van der Waals surface area (Å²) in [4.78, 5) is 69.2. The van der Waals surface area contributed by atoms with Crippen LogP contribution < -0.4 is 9.47 Å². The van der Waals surface area contributed by atoms with Gasteiger partial charge < -0.3 is 23.7 Å². The number of rotatable bonds is 17. The van der Waals surface area contributed by atoms with Gasteiger partial charge in [-0.2, -0.15) is 17.6 Å². The zero-order valence-corrected chi connectivity index (χ0v) is 41.9. The van der Waals surface area contributed by atoms with Crippen molar-refractivity contribution >= 4 is 67.1 Å². The van der Waals surface area contributed by atoms with E-state index in [9.17, 15) is 72.7 Å². The second-order valence-corrected chi connectivity index (χ2v) is 16.3. The van der Waals surface area contributed by atoms with Crippen LogP contribution in [0.1, 0.15) is 54.8 Å². The predicted octanol–water partition coefficient (Wildman–Crippen LogP) is 10.5. The monoisotopic (exact) mass is 1200 g/mol. The molecule has 0 saturated carbocycles. The highest BCUT2D eigenvalue weighted by Crippen LogP contribution is 2.32. The van der Waals surface area contributed by atoms with Crippen LogP contribution in [0.5, 0.6) is 11.5 Å². The van der Waals surface area contributed by atoms with Gasteiger partial charge in [0.15, 0.2) is 11.6 Å². The average Bonchev–Trinajstić information content (AvgIpc) is 4.03. The zero-order valence-electron chi connectivity index (χ0n) is 38.8. The lowest BCUT2D eigenvalue weighted by atomic mass is 10.0. The Hall–Kier alpha value is -7.56. The van der Waals surface area contributed by atoms with Crippen molar-refractivity contribution in [3.63, 3.8) is 0 Å². The van der Waals surface area contributed by atoms with E-state index in [4.69, 9.17) is 0 Å². The van der Waals surface area contributed by atoms with Gasteiger partial charge in [0.25, 0.3) is 0 Å². The van der Waals surface area contributed by atoms with Crippen molar-refractivity contribution in [1.82, 2.24) is 30.0 Å². The number of hydrogen-bond donors (Lipinski definition) is 0. The molecule has 6 rings (SSSR count). The molecule has 75 heavy (non-hydrogen) atoms. The number of Topliss-reactive ketones (excluding diaryl/α,β-unsaturated/α-hetero) is 3. The number of carbonyl (C=O) groups excluding carboxylic acids is 6. The third-order valence-corrected chi connectivity index (χ3v) is 10.2. The molecular weight excluding hydrogens is 1160 g/mol. The number of alkyl halides is 10. The van der Waals surface area contributed by atoms with Crippen LogP contribution in [-0.4, -0.2) is 110 Å². The molecule has 0 saturated heterocycles. The van der Waals surface area contributed by atoms with Crippen LogP contribution >= 0.6 is 31.9 Å². The van der Waals surface area contributed by atoms with E-state index in [-0.39, 0.29) is 48.3 Å². The number of carbonyl (C=O) groups is 6. The first kappa shape index (κ1) is 60.0. The van der Waals surface area contributed by atoms with E-state index in [0.29, 0.717) is 32.5 Å². The number of halogens is 12. The molecular formula is C46H36Br2F10N6O11. The predicted molar refractivity (Wildman–Crippen MR) is 246 cm³/mol. The lowest BCUT2D eigenvalue weighted by Crippen LogP contribution is -2.40. The van der Waals surface area contributed by atoms with Gasteiger partial charge in [0, 0.05) is 31.2 Å².